The van der Waals surface area contributed by atoms with E-state index in [2.05, 4.69) is 33.4 Å². The zero-order valence-corrected chi connectivity index (χ0v) is 13.9. The average molecular weight is 364 g/mol. The van der Waals surface area contributed by atoms with Crippen LogP contribution in [0, 0.1) is 5.92 Å². The molecule has 0 aromatic carbocycles. The van der Waals surface area contributed by atoms with Gasteiger partial charge in [-0.1, -0.05) is 0 Å². The molecule has 2 heterocycles. The molecular formula is C13H18BrNO2S2. The van der Waals surface area contributed by atoms with Crippen molar-refractivity contribution in [1.82, 2.24) is 5.32 Å². The molecule has 1 amide bonds. The van der Waals surface area contributed by atoms with Crippen LogP contribution in [0.3, 0.4) is 0 Å². The van der Waals surface area contributed by atoms with Gasteiger partial charge in [-0.2, -0.15) is 11.8 Å². The van der Waals surface area contributed by atoms with E-state index in [1.54, 1.807) is 11.3 Å². The van der Waals surface area contributed by atoms with E-state index in [0.29, 0.717) is 0 Å². The standard InChI is InChI=1S/C13H18BrNO2S2/c14-12-2-1-11(19-12)9-18-8-5-15-13(16)10-3-6-17-7-4-10/h1-2,10H,3-9H2,(H,15,16). The second-order valence-corrected chi connectivity index (χ2v) is 8.09. The number of hydrogen-bond acceptors (Lipinski definition) is 4. The first-order valence-electron chi connectivity index (χ1n) is 6.43. The highest BCUT2D eigenvalue weighted by Gasteiger charge is 2.20. The van der Waals surface area contributed by atoms with Crippen LogP contribution in [0.25, 0.3) is 0 Å². The smallest absolute Gasteiger partial charge is 0.223 e. The minimum absolute atomic E-state index is 0.159. The number of nitrogens with one attached hydrogen (secondary N) is 1. The monoisotopic (exact) mass is 363 g/mol. The molecule has 1 aromatic heterocycles. The van der Waals surface area contributed by atoms with E-state index in [1.165, 1.54) is 8.66 Å². The fourth-order valence-electron chi connectivity index (χ4n) is 1.95. The van der Waals surface area contributed by atoms with E-state index >= 15 is 0 Å². The van der Waals surface area contributed by atoms with Gasteiger partial charge in [0.05, 0.1) is 3.79 Å². The van der Waals surface area contributed by atoms with Gasteiger partial charge in [0, 0.05) is 42.1 Å². The SMILES string of the molecule is O=C(NCCSCc1ccc(Br)s1)C1CCOCC1. The van der Waals surface area contributed by atoms with Gasteiger partial charge >= 0.3 is 0 Å². The summed E-state index contributed by atoms with van der Waals surface area (Å²) < 4.78 is 6.43. The largest absolute Gasteiger partial charge is 0.381 e. The number of hydrogen-bond donors (Lipinski definition) is 1. The Morgan fingerprint density at radius 1 is 1.47 bits per heavy atom. The van der Waals surface area contributed by atoms with E-state index < -0.39 is 0 Å². The number of carbonyl (C=O) groups is 1. The van der Waals surface area contributed by atoms with Crippen LogP contribution in [0.1, 0.15) is 17.7 Å². The molecule has 0 atom stereocenters. The molecule has 1 fully saturated rings. The normalized spacial score (nSPS) is 16.5. The summed E-state index contributed by atoms with van der Waals surface area (Å²) >= 11 is 7.09. The topological polar surface area (TPSA) is 38.3 Å². The summed E-state index contributed by atoms with van der Waals surface area (Å²) in [6, 6.07) is 4.22. The Bertz CT molecular complexity index is 405. The number of thioether (sulfide) groups is 1. The van der Waals surface area contributed by atoms with Crippen LogP contribution in [-0.2, 0) is 15.3 Å². The van der Waals surface area contributed by atoms with Gasteiger partial charge in [-0.3, -0.25) is 4.79 Å². The molecule has 106 valence electrons. The molecule has 1 aliphatic heterocycles. The minimum Gasteiger partial charge on any atom is -0.381 e. The van der Waals surface area contributed by atoms with Crippen molar-refractivity contribution in [2.75, 3.05) is 25.5 Å². The predicted octanol–water partition coefficient (Wildman–Crippen LogP) is 3.29. The molecule has 0 spiro atoms. The van der Waals surface area contributed by atoms with Crippen molar-refractivity contribution in [2.45, 2.75) is 18.6 Å². The number of ether oxygens (including phenoxy) is 1. The molecule has 1 saturated heterocycles. The second-order valence-electron chi connectivity index (χ2n) is 4.44. The fourth-order valence-corrected chi connectivity index (χ4v) is 4.40. The Labute approximate surface area is 130 Å². The lowest BCUT2D eigenvalue weighted by molar-refractivity contribution is -0.127. The van der Waals surface area contributed by atoms with Crippen molar-refractivity contribution in [3.63, 3.8) is 0 Å². The zero-order chi connectivity index (χ0) is 13.5. The van der Waals surface area contributed by atoms with E-state index in [4.69, 9.17) is 4.74 Å². The Hall–Kier alpha value is -0.0400. The minimum atomic E-state index is 0.159. The van der Waals surface area contributed by atoms with Crippen molar-refractivity contribution in [3.05, 3.63) is 20.8 Å². The molecule has 0 saturated carbocycles. The summed E-state index contributed by atoms with van der Waals surface area (Å²) in [6.07, 6.45) is 1.73. The lowest BCUT2D eigenvalue weighted by Crippen LogP contribution is -2.35. The molecule has 6 heteroatoms. The average Bonchev–Trinajstić information content (AvgIpc) is 2.85. The van der Waals surface area contributed by atoms with Crippen molar-refractivity contribution >= 4 is 44.9 Å². The highest BCUT2D eigenvalue weighted by molar-refractivity contribution is 9.11. The summed E-state index contributed by atoms with van der Waals surface area (Å²) in [7, 11) is 0. The van der Waals surface area contributed by atoms with Crippen LogP contribution in [0.15, 0.2) is 15.9 Å². The summed E-state index contributed by atoms with van der Waals surface area (Å²) in [5, 5.41) is 3.02. The van der Waals surface area contributed by atoms with Crippen LogP contribution in [0.4, 0.5) is 0 Å². The number of amides is 1. The maximum Gasteiger partial charge on any atom is 0.223 e. The van der Waals surface area contributed by atoms with Crippen molar-refractivity contribution < 1.29 is 9.53 Å². The van der Waals surface area contributed by atoms with E-state index in [-0.39, 0.29) is 11.8 Å². The summed E-state index contributed by atoms with van der Waals surface area (Å²) in [4.78, 5) is 13.2. The molecular weight excluding hydrogens is 346 g/mol. The molecule has 0 bridgehead atoms. The third-order valence-corrected chi connectivity index (χ3v) is 5.83. The molecule has 1 aliphatic rings. The first-order chi connectivity index (χ1) is 9.25. The lowest BCUT2D eigenvalue weighted by Gasteiger charge is -2.21. The Morgan fingerprint density at radius 2 is 2.26 bits per heavy atom. The number of rotatable bonds is 6. The van der Waals surface area contributed by atoms with E-state index in [1.807, 2.05) is 11.8 Å². The number of thiophene rings is 1. The Balaban J connectivity index is 1.55. The fraction of sp³-hybridized carbons (Fsp3) is 0.615. The van der Waals surface area contributed by atoms with Crippen molar-refractivity contribution in [3.8, 4) is 0 Å². The van der Waals surface area contributed by atoms with Gasteiger partial charge in [-0.15, -0.1) is 11.3 Å². The van der Waals surface area contributed by atoms with Gasteiger partial charge in [-0.25, -0.2) is 0 Å². The molecule has 1 aromatic rings. The highest BCUT2D eigenvalue weighted by atomic mass is 79.9. The van der Waals surface area contributed by atoms with Gasteiger partial charge in [0.2, 0.25) is 5.91 Å². The third kappa shape index (κ3) is 5.45. The maximum atomic E-state index is 11.9. The zero-order valence-electron chi connectivity index (χ0n) is 10.7. The Kier molecular flexibility index (Phi) is 6.70. The van der Waals surface area contributed by atoms with Crippen LogP contribution < -0.4 is 5.32 Å². The first-order valence-corrected chi connectivity index (χ1v) is 9.19. The number of carbonyl (C=O) groups excluding carboxylic acids is 1. The quantitative estimate of drug-likeness (QED) is 0.788. The second kappa shape index (κ2) is 8.29. The summed E-state index contributed by atoms with van der Waals surface area (Å²) in [5.74, 6) is 2.34. The van der Waals surface area contributed by atoms with Crippen LogP contribution in [-0.4, -0.2) is 31.4 Å². The van der Waals surface area contributed by atoms with Crippen molar-refractivity contribution in [1.29, 1.82) is 0 Å². The van der Waals surface area contributed by atoms with E-state index in [9.17, 15) is 4.79 Å². The summed E-state index contributed by atoms with van der Waals surface area (Å²) in [6.45, 7) is 2.20. The highest BCUT2D eigenvalue weighted by Crippen LogP contribution is 2.25. The van der Waals surface area contributed by atoms with Gasteiger partial charge in [0.25, 0.3) is 0 Å². The molecule has 1 N–H and O–H groups in total. The van der Waals surface area contributed by atoms with E-state index in [0.717, 1.165) is 44.1 Å². The van der Waals surface area contributed by atoms with Crippen molar-refractivity contribution in [2.24, 2.45) is 5.92 Å². The van der Waals surface area contributed by atoms with Crippen LogP contribution in [0.2, 0.25) is 0 Å². The molecule has 0 unspecified atom stereocenters. The Morgan fingerprint density at radius 3 is 2.95 bits per heavy atom. The molecule has 3 nitrogen and oxygen atoms in total. The summed E-state index contributed by atoms with van der Waals surface area (Å²) in [5.41, 5.74) is 0. The maximum absolute atomic E-state index is 11.9. The van der Waals surface area contributed by atoms with Gasteiger partial charge in [-0.05, 0) is 40.9 Å². The molecule has 19 heavy (non-hydrogen) atoms. The predicted molar refractivity (Wildman–Crippen MR) is 84.7 cm³/mol. The number of halogens is 1. The van der Waals surface area contributed by atoms with Gasteiger partial charge in [0.1, 0.15) is 0 Å². The van der Waals surface area contributed by atoms with Gasteiger partial charge in [0.15, 0.2) is 0 Å². The molecule has 0 radical (unpaired) electrons. The third-order valence-electron chi connectivity index (χ3n) is 3.01. The lowest BCUT2D eigenvalue weighted by atomic mass is 10.00. The molecule has 0 aliphatic carbocycles. The molecule has 2 rings (SSSR count). The van der Waals surface area contributed by atoms with Gasteiger partial charge < -0.3 is 10.1 Å². The van der Waals surface area contributed by atoms with Crippen LogP contribution >= 0.6 is 39.0 Å². The first kappa shape index (κ1) is 15.4. The van der Waals surface area contributed by atoms with Crippen LogP contribution in [0.5, 0.6) is 0 Å².